The Morgan fingerprint density at radius 1 is 1.35 bits per heavy atom. The fourth-order valence-corrected chi connectivity index (χ4v) is 2.50. The number of hydrogen-bond acceptors (Lipinski definition) is 6. The number of para-hydroxylation sites is 1. The van der Waals surface area contributed by atoms with E-state index in [0.29, 0.717) is 32.1 Å². The molecule has 0 atom stereocenters. The Morgan fingerprint density at radius 3 is 2.61 bits per heavy atom. The van der Waals surface area contributed by atoms with Crippen LogP contribution in [0.15, 0.2) is 41.7 Å². The molecule has 7 heteroatoms. The number of ether oxygens (including phenoxy) is 2. The van der Waals surface area contributed by atoms with Gasteiger partial charge in [0.2, 0.25) is 0 Å². The predicted octanol–water partition coefficient (Wildman–Crippen LogP) is 1.49. The van der Waals surface area contributed by atoms with E-state index in [2.05, 4.69) is 5.32 Å². The number of nitrogens with two attached hydrogens (primary N) is 1. The van der Waals surface area contributed by atoms with Crippen molar-refractivity contribution in [2.75, 3.05) is 38.2 Å². The van der Waals surface area contributed by atoms with E-state index < -0.39 is 5.97 Å². The zero-order valence-electron chi connectivity index (χ0n) is 13.1. The summed E-state index contributed by atoms with van der Waals surface area (Å²) in [6.07, 6.45) is 0. The van der Waals surface area contributed by atoms with E-state index >= 15 is 0 Å². The van der Waals surface area contributed by atoms with Crippen molar-refractivity contribution in [2.45, 2.75) is 6.92 Å². The van der Waals surface area contributed by atoms with Gasteiger partial charge >= 0.3 is 5.97 Å². The van der Waals surface area contributed by atoms with Gasteiger partial charge in [0.05, 0.1) is 19.8 Å². The molecule has 0 amide bonds. The van der Waals surface area contributed by atoms with Crippen molar-refractivity contribution < 1.29 is 14.3 Å². The Morgan fingerprint density at radius 2 is 2.00 bits per heavy atom. The molecule has 2 rings (SSSR count). The molecule has 23 heavy (non-hydrogen) atoms. The maximum absolute atomic E-state index is 12.3. The molecule has 1 aliphatic heterocycles. The van der Waals surface area contributed by atoms with Crippen LogP contribution in [0.2, 0.25) is 0 Å². The number of anilines is 1. The number of nitrogens with one attached hydrogen (secondary N) is 1. The smallest absolute Gasteiger partial charge is 0.344 e. The number of benzene rings is 1. The molecule has 0 aromatic heterocycles. The zero-order valence-corrected chi connectivity index (χ0v) is 13.9. The molecule has 1 saturated heterocycles. The average molecular weight is 335 g/mol. The Balaban J connectivity index is 2.25. The van der Waals surface area contributed by atoms with E-state index in [1.54, 1.807) is 6.92 Å². The van der Waals surface area contributed by atoms with Gasteiger partial charge in [-0.25, -0.2) is 4.79 Å². The van der Waals surface area contributed by atoms with Crippen molar-refractivity contribution in [2.24, 2.45) is 5.73 Å². The number of esters is 1. The lowest BCUT2D eigenvalue weighted by Crippen LogP contribution is -2.41. The van der Waals surface area contributed by atoms with E-state index in [0.717, 1.165) is 5.69 Å². The molecule has 0 radical (unpaired) electrons. The second-order valence-electron chi connectivity index (χ2n) is 4.90. The highest BCUT2D eigenvalue weighted by Gasteiger charge is 2.24. The molecule has 0 aliphatic carbocycles. The summed E-state index contributed by atoms with van der Waals surface area (Å²) in [4.78, 5) is 14.4. The molecule has 124 valence electrons. The normalized spacial score (nSPS) is 15.6. The molecule has 1 aromatic rings. The molecular weight excluding hydrogens is 314 g/mol. The Labute approximate surface area is 141 Å². The van der Waals surface area contributed by atoms with Crippen LogP contribution in [0.5, 0.6) is 0 Å². The fraction of sp³-hybridized carbons (Fsp3) is 0.375. The summed E-state index contributed by atoms with van der Waals surface area (Å²) in [5.74, 6) is -0.204. The van der Waals surface area contributed by atoms with E-state index in [1.165, 1.54) is 0 Å². The van der Waals surface area contributed by atoms with Gasteiger partial charge < -0.3 is 25.4 Å². The molecule has 3 N–H and O–H groups in total. The molecule has 1 aromatic carbocycles. The molecule has 1 fully saturated rings. The SMILES string of the molecule is CCOC(=O)/C(C(=S)Nc1ccccc1)=C(/N)N1CCOCC1. The fourth-order valence-electron chi connectivity index (χ4n) is 2.19. The van der Waals surface area contributed by atoms with Crippen molar-refractivity contribution in [3.05, 3.63) is 41.7 Å². The monoisotopic (exact) mass is 335 g/mol. The second-order valence-corrected chi connectivity index (χ2v) is 5.31. The van der Waals surface area contributed by atoms with Gasteiger partial charge in [0.15, 0.2) is 0 Å². The largest absolute Gasteiger partial charge is 0.462 e. The van der Waals surface area contributed by atoms with E-state index in [1.807, 2.05) is 35.2 Å². The predicted molar refractivity (Wildman–Crippen MR) is 92.9 cm³/mol. The van der Waals surface area contributed by atoms with Crippen LogP contribution in [0.25, 0.3) is 0 Å². The Hall–Kier alpha value is -2.12. The van der Waals surface area contributed by atoms with Crippen LogP contribution in [0, 0.1) is 0 Å². The summed E-state index contributed by atoms with van der Waals surface area (Å²) in [6.45, 7) is 4.36. The van der Waals surface area contributed by atoms with Crippen LogP contribution in [-0.4, -0.2) is 48.8 Å². The summed E-state index contributed by atoms with van der Waals surface area (Å²) in [5, 5.41) is 3.04. The van der Waals surface area contributed by atoms with Gasteiger partial charge in [-0.2, -0.15) is 0 Å². The summed E-state index contributed by atoms with van der Waals surface area (Å²) in [5.41, 5.74) is 7.17. The molecule has 0 spiro atoms. The molecule has 0 unspecified atom stereocenters. The van der Waals surface area contributed by atoms with Crippen molar-refractivity contribution in [1.82, 2.24) is 4.90 Å². The number of carbonyl (C=O) groups excluding carboxylic acids is 1. The molecule has 0 bridgehead atoms. The van der Waals surface area contributed by atoms with Crippen LogP contribution < -0.4 is 11.1 Å². The lowest BCUT2D eigenvalue weighted by molar-refractivity contribution is -0.138. The van der Waals surface area contributed by atoms with Crippen molar-refractivity contribution in [3.8, 4) is 0 Å². The molecule has 0 saturated carbocycles. The Bertz CT molecular complexity index is 583. The quantitative estimate of drug-likeness (QED) is 0.479. The number of thiocarbonyl (C=S) groups is 1. The highest BCUT2D eigenvalue weighted by molar-refractivity contribution is 7.81. The minimum Gasteiger partial charge on any atom is -0.462 e. The van der Waals surface area contributed by atoms with Crippen LogP contribution >= 0.6 is 12.2 Å². The minimum absolute atomic E-state index is 0.188. The summed E-state index contributed by atoms with van der Waals surface area (Å²) >= 11 is 5.39. The standard InChI is InChI=1S/C16H21N3O3S/c1-2-22-16(20)13(14(17)19-8-10-21-11-9-19)15(23)18-12-6-4-3-5-7-12/h3-7H,2,8-11,17H2,1H3,(H,18,23)/b14-13-. The molecule has 1 heterocycles. The number of hydrogen-bond donors (Lipinski definition) is 2. The maximum atomic E-state index is 12.3. The zero-order chi connectivity index (χ0) is 16.7. The third-order valence-corrected chi connectivity index (χ3v) is 3.65. The molecular formula is C16H21N3O3S. The van der Waals surface area contributed by atoms with Gasteiger partial charge in [0.25, 0.3) is 0 Å². The number of carbonyl (C=O) groups is 1. The Kier molecular flexibility index (Phi) is 6.37. The summed E-state index contributed by atoms with van der Waals surface area (Å²) < 4.78 is 10.4. The van der Waals surface area contributed by atoms with Gasteiger partial charge in [-0.1, -0.05) is 30.4 Å². The summed E-state index contributed by atoms with van der Waals surface area (Å²) in [7, 11) is 0. The molecule has 6 nitrogen and oxygen atoms in total. The van der Waals surface area contributed by atoms with E-state index in [4.69, 9.17) is 27.4 Å². The highest BCUT2D eigenvalue weighted by atomic mass is 32.1. The van der Waals surface area contributed by atoms with Gasteiger partial charge in [-0.05, 0) is 19.1 Å². The lowest BCUT2D eigenvalue weighted by atomic mass is 10.2. The number of nitrogens with zero attached hydrogens (tertiary/aromatic N) is 1. The second kappa shape index (κ2) is 8.50. The highest BCUT2D eigenvalue weighted by Crippen LogP contribution is 2.15. The van der Waals surface area contributed by atoms with Crippen molar-refractivity contribution >= 4 is 28.9 Å². The number of rotatable bonds is 5. The average Bonchev–Trinajstić information content (AvgIpc) is 2.57. The maximum Gasteiger partial charge on any atom is 0.344 e. The van der Waals surface area contributed by atoms with Gasteiger partial charge in [0, 0.05) is 18.8 Å². The first-order valence-electron chi connectivity index (χ1n) is 7.49. The summed E-state index contributed by atoms with van der Waals surface area (Å²) in [6, 6.07) is 9.38. The van der Waals surface area contributed by atoms with Crippen LogP contribution in [-0.2, 0) is 14.3 Å². The minimum atomic E-state index is -0.523. The van der Waals surface area contributed by atoms with Crippen LogP contribution in [0.4, 0.5) is 5.69 Å². The first kappa shape index (κ1) is 17.2. The van der Waals surface area contributed by atoms with E-state index in [-0.39, 0.29) is 17.2 Å². The first-order chi connectivity index (χ1) is 11.1. The van der Waals surface area contributed by atoms with Gasteiger partial charge in [-0.3, -0.25) is 0 Å². The van der Waals surface area contributed by atoms with Crippen molar-refractivity contribution in [3.63, 3.8) is 0 Å². The van der Waals surface area contributed by atoms with E-state index in [9.17, 15) is 4.79 Å². The van der Waals surface area contributed by atoms with Crippen LogP contribution in [0.1, 0.15) is 6.92 Å². The topological polar surface area (TPSA) is 76.8 Å². The van der Waals surface area contributed by atoms with Crippen LogP contribution in [0.3, 0.4) is 0 Å². The van der Waals surface area contributed by atoms with Gasteiger partial charge in [-0.15, -0.1) is 0 Å². The lowest BCUT2D eigenvalue weighted by Gasteiger charge is -2.30. The first-order valence-corrected chi connectivity index (χ1v) is 7.90. The van der Waals surface area contributed by atoms with Crippen molar-refractivity contribution in [1.29, 1.82) is 0 Å². The third kappa shape index (κ3) is 4.67. The third-order valence-electron chi connectivity index (χ3n) is 3.35. The molecule has 1 aliphatic rings. The number of morpholine rings is 1. The van der Waals surface area contributed by atoms with Gasteiger partial charge in [0.1, 0.15) is 16.4 Å².